The van der Waals surface area contributed by atoms with Gasteiger partial charge in [-0.1, -0.05) is 0 Å². The van der Waals surface area contributed by atoms with Crippen molar-refractivity contribution in [2.75, 3.05) is 25.5 Å². The Hall–Kier alpha value is -3.54. The molecule has 12 heteroatoms. The lowest BCUT2D eigenvalue weighted by atomic mass is 9.84. The van der Waals surface area contributed by atoms with Crippen LogP contribution in [0, 0.1) is 5.82 Å². The van der Waals surface area contributed by atoms with Gasteiger partial charge in [0.2, 0.25) is 5.91 Å². The summed E-state index contributed by atoms with van der Waals surface area (Å²) in [5.41, 5.74) is -1.42. The first-order valence-corrected chi connectivity index (χ1v) is 11.4. The van der Waals surface area contributed by atoms with Crippen LogP contribution in [0.3, 0.4) is 0 Å². The summed E-state index contributed by atoms with van der Waals surface area (Å²) in [7, 11) is 3.11. The molecule has 0 spiro atoms. The van der Waals surface area contributed by atoms with Gasteiger partial charge in [0.05, 0.1) is 28.2 Å². The zero-order chi connectivity index (χ0) is 26.2. The number of likely N-dealkylation sites (tertiary alicyclic amines) is 1. The van der Waals surface area contributed by atoms with E-state index in [-0.39, 0.29) is 23.0 Å². The van der Waals surface area contributed by atoms with Crippen molar-refractivity contribution in [2.24, 2.45) is 7.05 Å². The van der Waals surface area contributed by atoms with Crippen LogP contribution in [0.5, 0.6) is 0 Å². The summed E-state index contributed by atoms with van der Waals surface area (Å²) in [6.45, 7) is 3.94. The van der Waals surface area contributed by atoms with E-state index in [1.165, 1.54) is 24.9 Å². The van der Waals surface area contributed by atoms with Gasteiger partial charge in [-0.2, -0.15) is 0 Å². The average molecular weight is 505 g/mol. The van der Waals surface area contributed by atoms with Gasteiger partial charge in [0.25, 0.3) is 12.0 Å². The van der Waals surface area contributed by atoms with E-state index in [0.29, 0.717) is 42.5 Å². The second-order valence-corrected chi connectivity index (χ2v) is 8.85. The number of aromatic nitrogens is 4. The van der Waals surface area contributed by atoms with Crippen LogP contribution in [0.1, 0.15) is 56.0 Å². The molecule has 0 radical (unpaired) electrons. The van der Waals surface area contributed by atoms with Gasteiger partial charge in [0.15, 0.2) is 5.82 Å². The maximum atomic E-state index is 14.7. The number of hydrogen-bond donors (Lipinski definition) is 1. The highest BCUT2D eigenvalue weighted by molar-refractivity contribution is 5.87. The first-order chi connectivity index (χ1) is 17.1. The number of aryl methyl sites for hydroxylation is 1. The topological polar surface area (TPSA) is 102 Å². The first-order valence-electron chi connectivity index (χ1n) is 11.4. The molecule has 9 nitrogen and oxygen atoms in total. The minimum Gasteiger partial charge on any atom is -0.373 e. The van der Waals surface area contributed by atoms with Gasteiger partial charge in [-0.25, -0.2) is 23.1 Å². The number of fused-ring (bicyclic) bond motifs is 1. The highest BCUT2D eigenvalue weighted by Gasteiger charge is 2.40. The number of hydrogen-bond acceptors (Lipinski definition) is 7. The number of piperidine rings is 1. The fraction of sp³-hybridized carbons (Fsp3) is 0.458. The quantitative estimate of drug-likeness (QED) is 0.549. The summed E-state index contributed by atoms with van der Waals surface area (Å²) in [5, 5.41) is 3.50. The second kappa shape index (κ2) is 9.84. The van der Waals surface area contributed by atoms with Gasteiger partial charge in [-0.15, -0.1) is 0 Å². The molecule has 0 unspecified atom stereocenters. The lowest BCUT2D eigenvalue weighted by molar-refractivity contribution is -0.135. The molecule has 36 heavy (non-hydrogen) atoms. The molecule has 0 aliphatic carbocycles. The molecule has 1 saturated heterocycles. The Kier molecular flexibility index (Phi) is 6.98. The van der Waals surface area contributed by atoms with Crippen LogP contribution in [0.2, 0.25) is 0 Å². The number of nitrogens with one attached hydrogen (secondary N) is 1. The maximum absolute atomic E-state index is 14.7. The fourth-order valence-electron chi connectivity index (χ4n) is 4.70. The Morgan fingerprint density at radius 2 is 1.92 bits per heavy atom. The SMILES string of the molecule is COC1(c2cc3c(N[C@H](C)c4nccc(C(F)F)c4F)ncnc3n(C)c2=O)CCN(C(C)=O)CC1. The number of carbonyl (C=O) groups excluding carboxylic acids is 1. The number of halogens is 3. The number of amides is 1. The molecule has 1 fully saturated rings. The predicted octanol–water partition coefficient (Wildman–Crippen LogP) is 3.46. The van der Waals surface area contributed by atoms with Crippen molar-refractivity contribution in [1.29, 1.82) is 0 Å². The minimum atomic E-state index is -2.98. The predicted molar refractivity (Wildman–Crippen MR) is 126 cm³/mol. The molecular weight excluding hydrogens is 477 g/mol. The summed E-state index contributed by atoms with van der Waals surface area (Å²) in [6.07, 6.45) is 0.259. The Balaban J connectivity index is 1.77. The van der Waals surface area contributed by atoms with Crippen LogP contribution in [0.15, 0.2) is 29.5 Å². The summed E-state index contributed by atoms with van der Waals surface area (Å²) >= 11 is 0. The fourth-order valence-corrected chi connectivity index (χ4v) is 4.70. The highest BCUT2D eigenvalue weighted by atomic mass is 19.3. The van der Waals surface area contributed by atoms with Gasteiger partial charge in [-0.3, -0.25) is 19.1 Å². The molecule has 0 aromatic carbocycles. The Morgan fingerprint density at radius 1 is 1.22 bits per heavy atom. The normalized spacial score (nSPS) is 16.4. The number of rotatable bonds is 6. The third-order valence-electron chi connectivity index (χ3n) is 6.85. The van der Waals surface area contributed by atoms with Crippen molar-refractivity contribution >= 4 is 22.8 Å². The largest absolute Gasteiger partial charge is 0.373 e. The number of methoxy groups -OCH3 is 1. The van der Waals surface area contributed by atoms with E-state index in [9.17, 15) is 22.8 Å². The van der Waals surface area contributed by atoms with Crippen molar-refractivity contribution in [1.82, 2.24) is 24.4 Å². The molecule has 0 bridgehead atoms. The highest BCUT2D eigenvalue weighted by Crippen LogP contribution is 2.37. The number of alkyl halides is 2. The smallest absolute Gasteiger partial charge is 0.266 e. The van der Waals surface area contributed by atoms with Gasteiger partial charge < -0.3 is 15.0 Å². The zero-order valence-corrected chi connectivity index (χ0v) is 20.4. The first kappa shape index (κ1) is 25.5. The maximum Gasteiger partial charge on any atom is 0.266 e. The molecule has 1 aliphatic rings. The lowest BCUT2D eigenvalue weighted by Crippen LogP contribution is -2.48. The Bertz CT molecular complexity index is 1350. The van der Waals surface area contributed by atoms with Crippen LogP contribution in [-0.4, -0.2) is 50.5 Å². The summed E-state index contributed by atoms with van der Waals surface area (Å²) in [4.78, 5) is 39.3. The summed E-state index contributed by atoms with van der Waals surface area (Å²) in [5.74, 6) is -0.855. The van der Waals surface area contributed by atoms with Crippen LogP contribution in [-0.2, 0) is 22.2 Å². The molecule has 4 heterocycles. The van der Waals surface area contributed by atoms with Gasteiger partial charge in [0.1, 0.15) is 23.4 Å². The third kappa shape index (κ3) is 4.41. The molecule has 0 saturated carbocycles. The van der Waals surface area contributed by atoms with Gasteiger partial charge >= 0.3 is 0 Å². The molecule has 4 rings (SSSR count). The number of carbonyl (C=O) groups is 1. The van der Waals surface area contributed by atoms with E-state index in [1.807, 2.05) is 0 Å². The lowest BCUT2D eigenvalue weighted by Gasteiger charge is -2.40. The Labute approximate surface area is 205 Å². The van der Waals surface area contributed by atoms with Crippen molar-refractivity contribution in [3.8, 4) is 0 Å². The molecule has 3 aromatic rings. The Morgan fingerprint density at radius 3 is 2.53 bits per heavy atom. The van der Waals surface area contributed by atoms with E-state index in [0.717, 1.165) is 12.3 Å². The average Bonchev–Trinajstić information content (AvgIpc) is 2.86. The second-order valence-electron chi connectivity index (χ2n) is 8.85. The molecule has 1 aliphatic heterocycles. The summed E-state index contributed by atoms with van der Waals surface area (Å²) in [6, 6.07) is 1.77. The van der Waals surface area contributed by atoms with E-state index in [1.54, 1.807) is 24.9 Å². The van der Waals surface area contributed by atoms with Crippen LogP contribution < -0.4 is 10.9 Å². The third-order valence-corrected chi connectivity index (χ3v) is 6.85. The molecule has 1 atom stereocenters. The standard InChI is InChI=1S/C24H27F3N6O3/c1-13(19-18(25)15(20(26)27)5-8-28-19)31-21-16-11-17(23(35)32(3)22(16)30-12-29-21)24(36-4)6-9-33(10-7-24)14(2)34/h5,8,11-13,20H,6-7,9-10H2,1-4H3,(H,29,30,31)/t13-/m1/s1. The molecule has 192 valence electrons. The van der Waals surface area contributed by atoms with Gasteiger partial charge in [-0.05, 0) is 31.9 Å². The monoisotopic (exact) mass is 504 g/mol. The molecule has 1 N–H and O–H groups in total. The number of pyridine rings is 2. The van der Waals surface area contributed by atoms with Crippen LogP contribution >= 0.6 is 0 Å². The van der Waals surface area contributed by atoms with E-state index in [4.69, 9.17) is 4.74 Å². The molecule has 1 amide bonds. The van der Waals surface area contributed by atoms with Crippen LogP contribution in [0.25, 0.3) is 11.0 Å². The van der Waals surface area contributed by atoms with Crippen molar-refractivity contribution in [3.63, 3.8) is 0 Å². The molecular formula is C24H27F3N6O3. The van der Waals surface area contributed by atoms with E-state index in [2.05, 4.69) is 20.3 Å². The van der Waals surface area contributed by atoms with Crippen molar-refractivity contribution in [3.05, 3.63) is 57.6 Å². The van der Waals surface area contributed by atoms with Crippen molar-refractivity contribution in [2.45, 2.75) is 44.8 Å². The zero-order valence-electron chi connectivity index (χ0n) is 20.4. The molecule has 3 aromatic heterocycles. The minimum absolute atomic E-state index is 0.0447. The summed E-state index contributed by atoms with van der Waals surface area (Å²) < 4.78 is 48.3. The van der Waals surface area contributed by atoms with Gasteiger partial charge in [0, 0.05) is 40.4 Å². The number of anilines is 1. The van der Waals surface area contributed by atoms with Crippen molar-refractivity contribution < 1.29 is 22.7 Å². The van der Waals surface area contributed by atoms with Crippen LogP contribution in [0.4, 0.5) is 19.0 Å². The van der Waals surface area contributed by atoms with E-state index >= 15 is 0 Å². The number of nitrogens with zero attached hydrogens (tertiary/aromatic N) is 5. The number of ether oxygens (including phenoxy) is 1. The van der Waals surface area contributed by atoms with E-state index < -0.39 is 29.4 Å².